The Hall–Kier alpha value is -3.09. The van der Waals surface area contributed by atoms with Crippen LogP contribution in [-0.2, 0) is 14.3 Å². The minimum absolute atomic E-state index is 0.0312. The molecule has 0 radical (unpaired) electrons. The van der Waals surface area contributed by atoms with E-state index in [0.717, 1.165) is 11.3 Å². The number of hydrogen-bond acceptors (Lipinski definition) is 6. The van der Waals surface area contributed by atoms with Crippen LogP contribution < -0.4 is 14.8 Å². The summed E-state index contributed by atoms with van der Waals surface area (Å²) < 4.78 is 16.3. The third-order valence-electron chi connectivity index (χ3n) is 4.30. The van der Waals surface area contributed by atoms with Crippen molar-refractivity contribution in [2.24, 2.45) is 5.92 Å². The molecule has 162 valence electrons. The van der Waals surface area contributed by atoms with Crippen LogP contribution in [-0.4, -0.2) is 29.6 Å². The topological polar surface area (TPSA) is 86.8 Å². The molecule has 2 aromatic rings. The van der Waals surface area contributed by atoms with Crippen molar-refractivity contribution in [3.8, 4) is 17.4 Å². The lowest BCUT2D eigenvalue weighted by atomic mass is 10.0. The molecule has 0 unspecified atom stereocenters. The van der Waals surface area contributed by atoms with Crippen LogP contribution in [0.4, 0.5) is 5.69 Å². The summed E-state index contributed by atoms with van der Waals surface area (Å²) in [7, 11) is 1.61. The van der Waals surface area contributed by atoms with Crippen molar-refractivity contribution in [2.75, 3.05) is 12.4 Å². The van der Waals surface area contributed by atoms with Gasteiger partial charge in [-0.2, -0.15) is 0 Å². The van der Waals surface area contributed by atoms with E-state index < -0.39 is 11.5 Å². The van der Waals surface area contributed by atoms with E-state index in [1.165, 1.54) is 6.20 Å². The Kier molecular flexibility index (Phi) is 7.80. The predicted octanol–water partition coefficient (Wildman–Crippen LogP) is 4.89. The van der Waals surface area contributed by atoms with E-state index in [9.17, 15) is 9.59 Å². The molecule has 0 aliphatic carbocycles. The van der Waals surface area contributed by atoms with Gasteiger partial charge in [0.15, 0.2) is 0 Å². The van der Waals surface area contributed by atoms with E-state index in [1.807, 2.05) is 26.0 Å². The third-order valence-corrected chi connectivity index (χ3v) is 4.30. The van der Waals surface area contributed by atoms with Gasteiger partial charge < -0.3 is 19.5 Å². The Labute approximate surface area is 177 Å². The maximum absolute atomic E-state index is 12.5. The fourth-order valence-electron chi connectivity index (χ4n) is 2.75. The highest BCUT2D eigenvalue weighted by molar-refractivity contribution is 5.94. The Bertz CT molecular complexity index is 872. The first-order valence-electron chi connectivity index (χ1n) is 9.92. The summed E-state index contributed by atoms with van der Waals surface area (Å²) in [4.78, 5) is 28.8. The van der Waals surface area contributed by atoms with Crippen molar-refractivity contribution in [1.82, 2.24) is 4.98 Å². The quantitative estimate of drug-likeness (QED) is 0.619. The van der Waals surface area contributed by atoms with Gasteiger partial charge in [-0.1, -0.05) is 13.0 Å². The number of carbonyl (C=O) groups excluding carboxylic acids is 2. The van der Waals surface area contributed by atoms with E-state index >= 15 is 0 Å². The molecule has 0 spiro atoms. The van der Waals surface area contributed by atoms with Crippen molar-refractivity contribution < 1.29 is 23.8 Å². The summed E-state index contributed by atoms with van der Waals surface area (Å²) in [6.45, 7) is 9.21. The molecule has 30 heavy (non-hydrogen) atoms. The van der Waals surface area contributed by atoms with Gasteiger partial charge in [0.2, 0.25) is 11.8 Å². The Morgan fingerprint density at radius 1 is 1.17 bits per heavy atom. The van der Waals surface area contributed by atoms with Crippen molar-refractivity contribution in [3.63, 3.8) is 0 Å². The first-order valence-corrected chi connectivity index (χ1v) is 9.92. The van der Waals surface area contributed by atoms with Gasteiger partial charge in [0, 0.05) is 18.1 Å². The molecule has 7 nitrogen and oxygen atoms in total. The van der Waals surface area contributed by atoms with Crippen LogP contribution in [0, 0.1) is 12.8 Å². The van der Waals surface area contributed by atoms with E-state index in [4.69, 9.17) is 14.2 Å². The fourth-order valence-corrected chi connectivity index (χ4v) is 2.75. The molecule has 0 aliphatic rings. The number of hydrogen-bond donors (Lipinski definition) is 1. The smallest absolute Gasteiger partial charge is 0.307 e. The number of methoxy groups -OCH3 is 1. The summed E-state index contributed by atoms with van der Waals surface area (Å²) in [5.74, 6) is 0.606. The van der Waals surface area contributed by atoms with Crippen molar-refractivity contribution >= 4 is 17.6 Å². The highest BCUT2D eigenvalue weighted by Gasteiger charge is 2.24. The zero-order valence-corrected chi connectivity index (χ0v) is 18.4. The molecule has 7 heteroatoms. The normalized spacial score (nSPS) is 12.1. The number of nitrogens with one attached hydrogen (secondary N) is 1. The van der Waals surface area contributed by atoms with Gasteiger partial charge >= 0.3 is 5.97 Å². The highest BCUT2D eigenvalue weighted by atomic mass is 16.6. The molecule has 1 aromatic carbocycles. The summed E-state index contributed by atoms with van der Waals surface area (Å²) >= 11 is 0. The van der Waals surface area contributed by atoms with Crippen LogP contribution in [0.2, 0.25) is 0 Å². The maximum atomic E-state index is 12.5. The first kappa shape index (κ1) is 23.2. The van der Waals surface area contributed by atoms with Gasteiger partial charge in [0.1, 0.15) is 17.1 Å². The zero-order valence-electron chi connectivity index (χ0n) is 18.4. The summed E-state index contributed by atoms with van der Waals surface area (Å²) in [6.07, 6.45) is 2.07. The van der Waals surface area contributed by atoms with Crippen LogP contribution in [0.1, 0.15) is 46.1 Å². The van der Waals surface area contributed by atoms with Gasteiger partial charge in [-0.15, -0.1) is 0 Å². The van der Waals surface area contributed by atoms with Crippen molar-refractivity contribution in [2.45, 2.75) is 53.1 Å². The lowest BCUT2D eigenvalue weighted by Gasteiger charge is -2.21. The van der Waals surface area contributed by atoms with Gasteiger partial charge in [0.05, 0.1) is 25.4 Å². The van der Waals surface area contributed by atoms with Gasteiger partial charge in [-0.3, -0.25) is 9.59 Å². The van der Waals surface area contributed by atoms with E-state index in [1.54, 1.807) is 46.1 Å². The second-order valence-corrected chi connectivity index (χ2v) is 8.00. The SMILES string of the molecule is CC[C@H](CC(=O)OC(C)(C)C)C(=O)Nc1ccc(Oc2ccc(C)c(OC)c2)nc1. The van der Waals surface area contributed by atoms with E-state index in [0.29, 0.717) is 23.7 Å². The molecule has 0 fully saturated rings. The van der Waals surface area contributed by atoms with Crippen molar-refractivity contribution in [3.05, 3.63) is 42.1 Å². The first-order chi connectivity index (χ1) is 14.1. The van der Waals surface area contributed by atoms with E-state index in [2.05, 4.69) is 10.3 Å². The maximum Gasteiger partial charge on any atom is 0.307 e. The number of aromatic nitrogens is 1. The average molecular weight is 415 g/mol. The number of rotatable bonds is 8. The Balaban J connectivity index is 1.97. The molecular weight excluding hydrogens is 384 g/mol. The molecule has 1 N–H and O–H groups in total. The summed E-state index contributed by atoms with van der Waals surface area (Å²) in [6, 6.07) is 8.88. The van der Waals surface area contributed by atoms with Crippen LogP contribution in [0.15, 0.2) is 36.5 Å². The van der Waals surface area contributed by atoms with Crippen LogP contribution >= 0.6 is 0 Å². The van der Waals surface area contributed by atoms with Gasteiger partial charge in [-0.25, -0.2) is 4.98 Å². The molecule has 0 saturated carbocycles. The zero-order chi connectivity index (χ0) is 22.3. The minimum Gasteiger partial charge on any atom is -0.496 e. The number of anilines is 1. The minimum atomic E-state index is -0.576. The lowest BCUT2D eigenvalue weighted by Crippen LogP contribution is -2.29. The summed E-state index contributed by atoms with van der Waals surface area (Å²) in [5, 5.41) is 2.79. The standard InChI is InChI=1S/C23H30N2O5/c1-7-16(12-21(26)30-23(3,4)5)22(27)25-17-9-11-20(24-14-17)29-18-10-8-15(2)19(13-18)28-6/h8-11,13-14,16H,7,12H2,1-6H3,(H,25,27)/t16-/m1/s1. The van der Waals surface area contributed by atoms with E-state index in [-0.39, 0.29) is 18.3 Å². The number of amides is 1. The molecule has 2 rings (SSSR count). The molecular formula is C23H30N2O5. The number of pyridine rings is 1. The fraction of sp³-hybridized carbons (Fsp3) is 0.435. The molecule has 0 bridgehead atoms. The number of aryl methyl sites for hydroxylation is 1. The van der Waals surface area contributed by atoms with Crippen molar-refractivity contribution in [1.29, 1.82) is 0 Å². The number of nitrogens with zero attached hydrogens (tertiary/aromatic N) is 1. The Morgan fingerprint density at radius 3 is 2.47 bits per heavy atom. The second-order valence-electron chi connectivity index (χ2n) is 8.00. The Morgan fingerprint density at radius 2 is 1.90 bits per heavy atom. The number of carbonyl (C=O) groups is 2. The van der Waals surface area contributed by atoms with Gasteiger partial charge in [-0.05, 0) is 51.8 Å². The van der Waals surface area contributed by atoms with Crippen LogP contribution in [0.5, 0.6) is 17.4 Å². The number of benzene rings is 1. The third kappa shape index (κ3) is 7.06. The van der Waals surface area contributed by atoms with Gasteiger partial charge in [0.25, 0.3) is 0 Å². The summed E-state index contributed by atoms with van der Waals surface area (Å²) in [5.41, 5.74) is 0.955. The lowest BCUT2D eigenvalue weighted by molar-refractivity contribution is -0.157. The predicted molar refractivity (Wildman–Crippen MR) is 115 cm³/mol. The monoisotopic (exact) mass is 414 g/mol. The van der Waals surface area contributed by atoms with Crippen LogP contribution in [0.3, 0.4) is 0 Å². The molecule has 1 aromatic heterocycles. The number of esters is 1. The number of ether oxygens (including phenoxy) is 3. The molecule has 1 heterocycles. The largest absolute Gasteiger partial charge is 0.496 e. The second kappa shape index (κ2) is 10.1. The average Bonchev–Trinajstić information content (AvgIpc) is 2.67. The molecule has 1 atom stereocenters. The molecule has 0 aliphatic heterocycles. The molecule has 0 saturated heterocycles. The molecule has 1 amide bonds. The van der Waals surface area contributed by atoms with Crippen LogP contribution in [0.25, 0.3) is 0 Å². The highest BCUT2D eigenvalue weighted by Crippen LogP contribution is 2.27.